The van der Waals surface area contributed by atoms with Crippen molar-refractivity contribution in [3.05, 3.63) is 70.3 Å². The lowest BCUT2D eigenvalue weighted by molar-refractivity contribution is -0.0608. The van der Waals surface area contributed by atoms with Crippen LogP contribution >= 0.6 is 0 Å². The SMILES string of the molecule is C/C=C/COc1cc(C)c(OCc2ccc(/C(=N\OC)C(F)(F)F)cc2C)c(C)c1. The summed E-state index contributed by atoms with van der Waals surface area (Å²) in [5.41, 5.74) is 2.17. The molecule has 2 aromatic rings. The van der Waals surface area contributed by atoms with Gasteiger partial charge in [0.2, 0.25) is 0 Å². The van der Waals surface area contributed by atoms with Gasteiger partial charge in [0.25, 0.3) is 0 Å². The standard InChI is InChI=1S/C23H26F3NO3/c1-6-7-10-29-20-12-16(3)21(17(4)13-20)30-14-19-9-8-18(11-15(19)2)22(27-28-5)23(24,25)26/h6-9,11-13H,10,14H2,1-5H3/b7-6+,27-22+. The molecule has 0 aromatic heterocycles. The molecule has 0 aliphatic heterocycles. The highest BCUT2D eigenvalue weighted by atomic mass is 19.4. The fourth-order valence-electron chi connectivity index (χ4n) is 2.98. The van der Waals surface area contributed by atoms with E-state index in [0.29, 0.717) is 12.2 Å². The Morgan fingerprint density at radius 3 is 2.20 bits per heavy atom. The second kappa shape index (κ2) is 10.2. The molecule has 30 heavy (non-hydrogen) atoms. The van der Waals surface area contributed by atoms with E-state index >= 15 is 0 Å². The predicted molar refractivity (Wildman–Crippen MR) is 111 cm³/mol. The van der Waals surface area contributed by atoms with E-state index in [9.17, 15) is 13.2 Å². The van der Waals surface area contributed by atoms with Crippen molar-refractivity contribution >= 4 is 5.71 Å². The zero-order valence-corrected chi connectivity index (χ0v) is 17.8. The molecule has 0 saturated heterocycles. The van der Waals surface area contributed by atoms with Crippen LogP contribution in [0.15, 0.2) is 47.6 Å². The minimum atomic E-state index is -4.61. The Labute approximate surface area is 174 Å². The van der Waals surface area contributed by atoms with Gasteiger partial charge in [-0.25, -0.2) is 0 Å². The van der Waals surface area contributed by atoms with Crippen LogP contribution in [0.2, 0.25) is 0 Å². The summed E-state index contributed by atoms with van der Waals surface area (Å²) in [6, 6.07) is 8.22. The fraction of sp³-hybridized carbons (Fsp3) is 0.348. The van der Waals surface area contributed by atoms with E-state index in [4.69, 9.17) is 9.47 Å². The Hall–Kier alpha value is -2.96. The molecule has 0 aliphatic carbocycles. The normalized spacial score (nSPS) is 12.3. The molecule has 0 N–H and O–H groups in total. The van der Waals surface area contributed by atoms with Crippen LogP contribution < -0.4 is 9.47 Å². The first-order valence-electron chi connectivity index (χ1n) is 9.43. The number of nitrogens with zero attached hydrogens (tertiary/aromatic N) is 1. The molecule has 2 rings (SSSR count). The van der Waals surface area contributed by atoms with Crippen molar-refractivity contribution in [1.29, 1.82) is 0 Å². The molecule has 0 radical (unpaired) electrons. The summed E-state index contributed by atoms with van der Waals surface area (Å²) in [4.78, 5) is 4.36. The van der Waals surface area contributed by atoms with Crippen molar-refractivity contribution in [2.24, 2.45) is 5.16 Å². The van der Waals surface area contributed by atoms with E-state index in [1.54, 1.807) is 13.0 Å². The number of aryl methyl sites for hydroxylation is 3. The number of oxime groups is 1. The van der Waals surface area contributed by atoms with Gasteiger partial charge in [0.1, 0.15) is 31.8 Å². The molecule has 0 spiro atoms. The molecule has 0 bridgehead atoms. The maximum Gasteiger partial charge on any atom is 0.437 e. The molecule has 0 heterocycles. The molecular formula is C23H26F3NO3. The fourth-order valence-corrected chi connectivity index (χ4v) is 2.98. The largest absolute Gasteiger partial charge is 0.490 e. The molecule has 4 nitrogen and oxygen atoms in total. The Morgan fingerprint density at radius 2 is 1.67 bits per heavy atom. The van der Waals surface area contributed by atoms with Crippen LogP contribution in [0.3, 0.4) is 0 Å². The zero-order valence-electron chi connectivity index (χ0n) is 17.8. The van der Waals surface area contributed by atoms with Gasteiger partial charge in [-0.3, -0.25) is 0 Å². The van der Waals surface area contributed by atoms with Crippen molar-refractivity contribution in [2.75, 3.05) is 13.7 Å². The van der Waals surface area contributed by atoms with Gasteiger partial charge in [-0.05, 0) is 68.1 Å². The van der Waals surface area contributed by atoms with E-state index in [1.807, 2.05) is 45.1 Å². The number of allylic oxidation sites excluding steroid dienone is 1. The topological polar surface area (TPSA) is 40.0 Å². The molecule has 2 aromatic carbocycles. The highest BCUT2D eigenvalue weighted by Crippen LogP contribution is 2.30. The van der Waals surface area contributed by atoms with Crippen molar-refractivity contribution in [3.63, 3.8) is 0 Å². The lowest BCUT2D eigenvalue weighted by Gasteiger charge is -2.16. The summed E-state index contributed by atoms with van der Waals surface area (Å²) in [6.45, 7) is 8.25. The minimum Gasteiger partial charge on any atom is -0.490 e. The Balaban J connectivity index is 2.17. The van der Waals surface area contributed by atoms with E-state index in [1.165, 1.54) is 12.1 Å². The first-order valence-corrected chi connectivity index (χ1v) is 9.43. The first kappa shape index (κ1) is 23.3. The van der Waals surface area contributed by atoms with E-state index in [-0.39, 0.29) is 12.2 Å². The number of halogens is 3. The predicted octanol–water partition coefficient (Wildman–Crippen LogP) is 6.06. The number of alkyl halides is 3. The van der Waals surface area contributed by atoms with Crippen molar-refractivity contribution < 1.29 is 27.5 Å². The van der Waals surface area contributed by atoms with Crippen LogP contribution in [0.4, 0.5) is 13.2 Å². The summed E-state index contributed by atoms with van der Waals surface area (Å²) in [6.07, 6.45) is -0.766. The number of benzene rings is 2. The molecule has 0 fully saturated rings. The Bertz CT molecular complexity index is 911. The van der Waals surface area contributed by atoms with Crippen LogP contribution in [0.1, 0.15) is 34.7 Å². The van der Waals surface area contributed by atoms with Crippen LogP contribution in [-0.4, -0.2) is 25.6 Å². The van der Waals surface area contributed by atoms with Gasteiger partial charge in [-0.2, -0.15) is 13.2 Å². The van der Waals surface area contributed by atoms with Gasteiger partial charge in [0.05, 0.1) is 0 Å². The minimum absolute atomic E-state index is 0.0550. The lowest BCUT2D eigenvalue weighted by Crippen LogP contribution is -2.24. The molecule has 162 valence electrons. The molecule has 0 saturated carbocycles. The molecule has 0 amide bonds. The second-order valence-corrected chi connectivity index (χ2v) is 6.82. The molecular weight excluding hydrogens is 395 g/mol. The zero-order chi connectivity index (χ0) is 22.3. The van der Waals surface area contributed by atoms with Crippen molar-refractivity contribution in [1.82, 2.24) is 0 Å². The Morgan fingerprint density at radius 1 is 1.00 bits per heavy atom. The number of hydrogen-bond acceptors (Lipinski definition) is 4. The summed E-state index contributed by atoms with van der Waals surface area (Å²) in [5, 5.41) is 3.13. The van der Waals surface area contributed by atoms with Crippen LogP contribution in [0, 0.1) is 20.8 Å². The second-order valence-electron chi connectivity index (χ2n) is 6.82. The highest BCUT2D eigenvalue weighted by molar-refractivity contribution is 6.04. The maximum atomic E-state index is 13.2. The first-order chi connectivity index (χ1) is 14.2. The molecule has 0 aliphatic rings. The van der Waals surface area contributed by atoms with E-state index in [2.05, 4.69) is 9.99 Å². The van der Waals surface area contributed by atoms with E-state index in [0.717, 1.165) is 35.3 Å². The van der Waals surface area contributed by atoms with Crippen LogP contribution in [0.25, 0.3) is 0 Å². The number of rotatable bonds is 8. The smallest absolute Gasteiger partial charge is 0.437 e. The summed E-state index contributed by atoms with van der Waals surface area (Å²) in [5.74, 6) is 1.49. The average Bonchev–Trinajstić information content (AvgIpc) is 2.66. The van der Waals surface area contributed by atoms with E-state index < -0.39 is 11.9 Å². The van der Waals surface area contributed by atoms with Gasteiger partial charge in [0, 0.05) is 5.56 Å². The van der Waals surface area contributed by atoms with Crippen LogP contribution in [-0.2, 0) is 11.4 Å². The molecule has 7 heteroatoms. The van der Waals surface area contributed by atoms with Gasteiger partial charge >= 0.3 is 6.18 Å². The molecule has 0 unspecified atom stereocenters. The third kappa shape index (κ3) is 6.02. The third-order valence-electron chi connectivity index (χ3n) is 4.45. The monoisotopic (exact) mass is 421 g/mol. The van der Waals surface area contributed by atoms with Crippen LogP contribution in [0.5, 0.6) is 11.5 Å². The highest BCUT2D eigenvalue weighted by Gasteiger charge is 2.38. The quantitative estimate of drug-likeness (QED) is 0.296. The summed E-state index contributed by atoms with van der Waals surface area (Å²) >= 11 is 0. The summed E-state index contributed by atoms with van der Waals surface area (Å²) in [7, 11) is 1.09. The van der Waals surface area contributed by atoms with Crippen molar-refractivity contribution in [3.8, 4) is 11.5 Å². The molecule has 0 atom stereocenters. The van der Waals surface area contributed by atoms with Gasteiger partial charge < -0.3 is 14.3 Å². The lowest BCUT2D eigenvalue weighted by atomic mass is 10.0. The maximum absolute atomic E-state index is 13.2. The van der Waals surface area contributed by atoms with Gasteiger partial charge in [0.15, 0.2) is 5.71 Å². The summed E-state index contributed by atoms with van der Waals surface area (Å²) < 4.78 is 51.1. The van der Waals surface area contributed by atoms with Gasteiger partial charge in [-0.15, -0.1) is 0 Å². The Kier molecular flexibility index (Phi) is 7.92. The average molecular weight is 421 g/mol. The van der Waals surface area contributed by atoms with Crippen molar-refractivity contribution in [2.45, 2.75) is 40.5 Å². The number of ether oxygens (including phenoxy) is 2. The third-order valence-corrected chi connectivity index (χ3v) is 4.45. The van der Waals surface area contributed by atoms with Gasteiger partial charge in [-0.1, -0.05) is 29.4 Å². The number of hydrogen-bond donors (Lipinski definition) is 0.